The van der Waals surface area contributed by atoms with E-state index in [1.807, 2.05) is 0 Å². The van der Waals surface area contributed by atoms with Crippen LogP contribution in [0.3, 0.4) is 0 Å². The van der Waals surface area contributed by atoms with Gasteiger partial charge in [0.2, 0.25) is 15.9 Å². The molecule has 2 heterocycles. The first-order chi connectivity index (χ1) is 15.8. The molecule has 2 atom stereocenters. The normalized spacial score (nSPS) is 18.1. The van der Waals surface area contributed by atoms with Gasteiger partial charge in [-0.05, 0) is 43.2 Å². The van der Waals surface area contributed by atoms with Crippen LogP contribution in [0.25, 0.3) is 0 Å². The van der Waals surface area contributed by atoms with Crippen molar-refractivity contribution in [3.05, 3.63) is 83.2 Å². The Bertz CT molecular complexity index is 1250. The van der Waals surface area contributed by atoms with E-state index in [4.69, 9.17) is 11.6 Å². The van der Waals surface area contributed by atoms with Crippen LogP contribution in [0.5, 0.6) is 0 Å². The average molecular weight is 491 g/mol. The van der Waals surface area contributed by atoms with E-state index in [0.29, 0.717) is 35.8 Å². The molecule has 2 aromatic carbocycles. The van der Waals surface area contributed by atoms with Crippen LogP contribution in [0.15, 0.2) is 65.8 Å². The number of carbonyl (C=O) groups is 1. The van der Waals surface area contributed by atoms with E-state index in [2.05, 4.69) is 10.3 Å². The molecule has 174 valence electrons. The lowest BCUT2D eigenvalue weighted by atomic mass is 9.97. The molecule has 3 aromatic rings. The number of aryl methyl sites for hydroxylation is 1. The largest absolute Gasteiger partial charge is 0.342 e. The maximum atomic E-state index is 14.6. The molecule has 7 nitrogen and oxygen atoms in total. The second kappa shape index (κ2) is 9.62. The first-order valence-corrected chi connectivity index (χ1v) is 12.4. The summed E-state index contributed by atoms with van der Waals surface area (Å²) in [6, 6.07) is 11.4. The molecule has 4 rings (SSSR count). The van der Waals surface area contributed by atoms with Crippen LogP contribution in [-0.4, -0.2) is 41.3 Å². The summed E-state index contributed by atoms with van der Waals surface area (Å²) >= 11 is 5.88. The van der Waals surface area contributed by atoms with E-state index in [-0.39, 0.29) is 17.3 Å². The van der Waals surface area contributed by atoms with Crippen LogP contribution in [0.1, 0.15) is 30.3 Å². The molecule has 2 unspecified atom stereocenters. The van der Waals surface area contributed by atoms with Gasteiger partial charge in [0.05, 0.1) is 10.8 Å². The van der Waals surface area contributed by atoms with Crippen molar-refractivity contribution in [2.75, 3.05) is 13.1 Å². The number of hydrogen-bond donors (Lipinski definition) is 1. The molecular weight excluding hydrogens is 467 g/mol. The summed E-state index contributed by atoms with van der Waals surface area (Å²) in [5.41, 5.74) is 0.293. The third-order valence-electron chi connectivity index (χ3n) is 5.83. The number of sulfonamides is 1. The zero-order chi connectivity index (χ0) is 23.6. The third-order valence-corrected chi connectivity index (χ3v) is 7.96. The minimum atomic E-state index is -3.76. The number of aromatic nitrogens is 2. The van der Waals surface area contributed by atoms with Crippen molar-refractivity contribution < 1.29 is 17.6 Å². The van der Waals surface area contributed by atoms with Crippen molar-refractivity contribution in [1.82, 2.24) is 19.2 Å². The summed E-state index contributed by atoms with van der Waals surface area (Å²) in [6.07, 6.45) is 4.37. The molecule has 0 aliphatic carbocycles. The highest BCUT2D eigenvalue weighted by Crippen LogP contribution is 2.27. The summed E-state index contributed by atoms with van der Waals surface area (Å²) < 4.78 is 43.8. The maximum absolute atomic E-state index is 14.6. The van der Waals surface area contributed by atoms with Crippen LogP contribution in [0.4, 0.5) is 4.39 Å². The van der Waals surface area contributed by atoms with E-state index < -0.39 is 27.8 Å². The van der Waals surface area contributed by atoms with E-state index >= 15 is 0 Å². The molecule has 1 aliphatic rings. The molecule has 0 spiro atoms. The molecule has 1 fully saturated rings. The number of hydrogen-bond acceptors (Lipinski definition) is 4. The molecule has 1 N–H and O–H groups in total. The highest BCUT2D eigenvalue weighted by molar-refractivity contribution is 7.89. The Morgan fingerprint density at radius 2 is 1.94 bits per heavy atom. The number of halogens is 2. The summed E-state index contributed by atoms with van der Waals surface area (Å²) in [4.78, 5) is 17.7. The number of nitrogens with one attached hydrogen (secondary N) is 1. The summed E-state index contributed by atoms with van der Waals surface area (Å²) in [5.74, 6) is -0.895. The number of piperidine rings is 1. The van der Waals surface area contributed by atoms with Crippen LogP contribution in [0.2, 0.25) is 5.02 Å². The molecule has 1 saturated heterocycles. The minimum absolute atomic E-state index is 0.0430. The molecule has 0 saturated carbocycles. The fourth-order valence-corrected chi connectivity index (χ4v) is 5.69. The van der Waals surface area contributed by atoms with Gasteiger partial charge in [0, 0.05) is 43.1 Å². The average Bonchev–Trinajstić information content (AvgIpc) is 3.24. The maximum Gasteiger partial charge on any atom is 0.243 e. The highest BCUT2D eigenvalue weighted by Gasteiger charge is 2.35. The van der Waals surface area contributed by atoms with Crippen LogP contribution in [0, 0.1) is 11.7 Å². The first-order valence-electron chi connectivity index (χ1n) is 10.5. The van der Waals surface area contributed by atoms with Crippen LogP contribution < -0.4 is 5.32 Å². The Balaban J connectivity index is 1.56. The van der Waals surface area contributed by atoms with Gasteiger partial charge in [-0.2, -0.15) is 4.31 Å². The number of amides is 1. The Hall–Kier alpha value is -2.75. The Morgan fingerprint density at radius 3 is 2.61 bits per heavy atom. The van der Waals surface area contributed by atoms with E-state index in [1.54, 1.807) is 42.2 Å². The number of rotatable bonds is 6. The Morgan fingerprint density at radius 1 is 1.21 bits per heavy atom. The van der Waals surface area contributed by atoms with Crippen LogP contribution in [-0.2, 0) is 21.9 Å². The van der Waals surface area contributed by atoms with Crippen molar-refractivity contribution in [2.24, 2.45) is 13.0 Å². The molecular formula is C23H24ClFN4O3S. The number of benzene rings is 2. The molecule has 33 heavy (non-hydrogen) atoms. The topological polar surface area (TPSA) is 84.3 Å². The highest BCUT2D eigenvalue weighted by atomic mass is 35.5. The second-order valence-electron chi connectivity index (χ2n) is 8.02. The van der Waals surface area contributed by atoms with Gasteiger partial charge in [0.1, 0.15) is 17.7 Å². The molecule has 1 amide bonds. The fourth-order valence-electron chi connectivity index (χ4n) is 4.04. The predicted octanol–water partition coefficient (Wildman–Crippen LogP) is 3.52. The van der Waals surface area contributed by atoms with Gasteiger partial charge in [-0.3, -0.25) is 4.79 Å². The zero-order valence-electron chi connectivity index (χ0n) is 18.0. The monoisotopic (exact) mass is 490 g/mol. The van der Waals surface area contributed by atoms with Crippen LogP contribution >= 0.6 is 11.6 Å². The summed E-state index contributed by atoms with van der Waals surface area (Å²) in [7, 11) is -2.00. The van der Waals surface area contributed by atoms with Gasteiger partial charge in [-0.1, -0.05) is 29.8 Å². The van der Waals surface area contributed by atoms with E-state index in [1.165, 1.54) is 34.6 Å². The van der Waals surface area contributed by atoms with E-state index in [0.717, 1.165) is 0 Å². The van der Waals surface area contributed by atoms with Gasteiger partial charge in [-0.15, -0.1) is 0 Å². The van der Waals surface area contributed by atoms with Crippen molar-refractivity contribution in [3.63, 3.8) is 0 Å². The standard InChI is InChI=1S/C23H24ClFN4O3S/c1-28-14-12-26-22(28)21(19-6-2-3-7-20(19)25)27-23(30)16-5-4-13-29(15-16)33(31,32)18-10-8-17(24)9-11-18/h2-3,6-12,14,16,21H,4-5,13,15H2,1H3,(H,27,30). The van der Waals surface area contributed by atoms with Crippen molar-refractivity contribution in [2.45, 2.75) is 23.8 Å². The lowest BCUT2D eigenvalue weighted by molar-refractivity contribution is -0.126. The third kappa shape index (κ3) is 4.95. The van der Waals surface area contributed by atoms with E-state index in [9.17, 15) is 17.6 Å². The van der Waals surface area contributed by atoms with Crippen molar-refractivity contribution >= 4 is 27.5 Å². The quantitative estimate of drug-likeness (QED) is 0.573. The Kier molecular flexibility index (Phi) is 6.83. The minimum Gasteiger partial charge on any atom is -0.342 e. The Labute approximate surface area is 197 Å². The lowest BCUT2D eigenvalue weighted by Crippen LogP contribution is -2.46. The van der Waals surface area contributed by atoms with Gasteiger partial charge >= 0.3 is 0 Å². The zero-order valence-corrected chi connectivity index (χ0v) is 19.6. The molecule has 0 radical (unpaired) electrons. The molecule has 1 aliphatic heterocycles. The number of nitrogens with zero attached hydrogens (tertiary/aromatic N) is 3. The van der Waals surface area contributed by atoms with Crippen molar-refractivity contribution in [1.29, 1.82) is 0 Å². The van der Waals surface area contributed by atoms with Gasteiger partial charge in [-0.25, -0.2) is 17.8 Å². The molecule has 0 bridgehead atoms. The smallest absolute Gasteiger partial charge is 0.243 e. The summed E-state index contributed by atoms with van der Waals surface area (Å²) in [6.45, 7) is 0.367. The predicted molar refractivity (Wildman–Crippen MR) is 123 cm³/mol. The lowest BCUT2D eigenvalue weighted by Gasteiger charge is -2.32. The fraction of sp³-hybridized carbons (Fsp3) is 0.304. The summed E-state index contributed by atoms with van der Waals surface area (Å²) in [5, 5.41) is 3.35. The van der Waals surface area contributed by atoms with Crippen molar-refractivity contribution in [3.8, 4) is 0 Å². The van der Waals surface area contributed by atoms with Gasteiger partial charge in [0.25, 0.3) is 0 Å². The number of carbonyl (C=O) groups excluding carboxylic acids is 1. The second-order valence-corrected chi connectivity index (χ2v) is 10.4. The van der Waals surface area contributed by atoms with Gasteiger partial charge in [0.15, 0.2) is 0 Å². The number of imidazole rings is 1. The van der Waals surface area contributed by atoms with Gasteiger partial charge < -0.3 is 9.88 Å². The molecule has 10 heteroatoms. The molecule has 1 aromatic heterocycles. The SMILES string of the molecule is Cn1ccnc1C(NC(=O)C1CCCN(S(=O)(=O)c2ccc(Cl)cc2)C1)c1ccccc1F. The first kappa shape index (κ1) is 23.4.